The number of ether oxygens (including phenoxy) is 1. The van der Waals surface area contributed by atoms with Gasteiger partial charge in [-0.15, -0.1) is 21.5 Å². The highest BCUT2D eigenvalue weighted by Crippen LogP contribution is 2.41. The molecule has 2 aromatic heterocycles. The van der Waals surface area contributed by atoms with Crippen LogP contribution < -0.4 is 10.3 Å². The molecule has 0 bridgehead atoms. The number of methoxy groups -OCH3 is 1. The second-order valence-corrected chi connectivity index (χ2v) is 8.94. The maximum absolute atomic E-state index is 13.1. The lowest BCUT2D eigenvalue weighted by Crippen LogP contribution is -2.36. The number of amides is 1. The second-order valence-electron chi connectivity index (χ2n) is 7.91. The molecule has 1 atom stereocenters. The Hall–Kier alpha value is -3.00. The Morgan fingerprint density at radius 1 is 1.17 bits per heavy atom. The van der Waals surface area contributed by atoms with E-state index in [0.717, 1.165) is 34.9 Å². The Morgan fingerprint density at radius 3 is 2.70 bits per heavy atom. The van der Waals surface area contributed by atoms with Crippen LogP contribution in [-0.4, -0.2) is 45.8 Å². The smallest absolute Gasteiger partial charge is 0.280 e. The predicted molar refractivity (Wildman–Crippen MR) is 114 cm³/mol. The molecule has 1 aromatic carbocycles. The summed E-state index contributed by atoms with van der Waals surface area (Å²) in [5, 5.41) is 10.8. The summed E-state index contributed by atoms with van der Waals surface area (Å²) in [5.74, 6) is 1.58. The first-order chi connectivity index (χ1) is 14.6. The summed E-state index contributed by atoms with van der Waals surface area (Å²) in [6.07, 6.45) is 2.06. The predicted octanol–water partition coefficient (Wildman–Crippen LogP) is 2.49. The Balaban J connectivity index is 1.40. The van der Waals surface area contributed by atoms with Gasteiger partial charge >= 0.3 is 0 Å². The van der Waals surface area contributed by atoms with Gasteiger partial charge in [-0.25, -0.2) is 0 Å². The first-order valence-corrected chi connectivity index (χ1v) is 10.9. The van der Waals surface area contributed by atoms with Gasteiger partial charge in [-0.2, -0.15) is 0 Å². The molecule has 30 heavy (non-hydrogen) atoms. The summed E-state index contributed by atoms with van der Waals surface area (Å²) in [4.78, 5) is 28.9. The molecule has 0 radical (unpaired) electrons. The number of fused-ring (bicyclic) bond motifs is 2. The summed E-state index contributed by atoms with van der Waals surface area (Å²) >= 11 is 1.60. The van der Waals surface area contributed by atoms with Crippen LogP contribution in [0.5, 0.6) is 5.75 Å². The van der Waals surface area contributed by atoms with Crippen LogP contribution in [0.3, 0.4) is 0 Å². The minimum absolute atomic E-state index is 0.120. The average Bonchev–Trinajstić information content (AvgIpc) is 3.51. The molecule has 7 nitrogen and oxygen atoms in total. The zero-order valence-electron chi connectivity index (χ0n) is 16.7. The first-order valence-electron chi connectivity index (χ1n) is 10.0. The number of rotatable bonds is 4. The van der Waals surface area contributed by atoms with Crippen LogP contribution in [0.25, 0.3) is 11.3 Å². The van der Waals surface area contributed by atoms with Crippen LogP contribution in [0.2, 0.25) is 0 Å². The maximum Gasteiger partial charge on any atom is 0.280 e. The van der Waals surface area contributed by atoms with E-state index in [9.17, 15) is 9.59 Å². The number of carbonyl (C=O) groups is 1. The van der Waals surface area contributed by atoms with Crippen LogP contribution >= 0.6 is 11.3 Å². The Labute approximate surface area is 177 Å². The quantitative estimate of drug-likeness (QED) is 0.646. The van der Waals surface area contributed by atoms with Crippen molar-refractivity contribution in [3.8, 4) is 17.0 Å². The minimum Gasteiger partial charge on any atom is -0.497 e. The molecular formula is C22H22N4O3S. The van der Waals surface area contributed by atoms with Crippen LogP contribution in [0, 0.1) is 0 Å². The minimum atomic E-state index is -0.268. The van der Waals surface area contributed by atoms with E-state index in [1.165, 1.54) is 0 Å². The van der Waals surface area contributed by atoms with E-state index in [2.05, 4.69) is 10.2 Å². The number of nitrogens with zero attached hydrogens (tertiary/aromatic N) is 4. The summed E-state index contributed by atoms with van der Waals surface area (Å²) in [7, 11) is 1.61. The zero-order valence-corrected chi connectivity index (χ0v) is 17.5. The lowest BCUT2D eigenvalue weighted by molar-refractivity contribution is -0.129. The molecule has 2 aliphatic heterocycles. The topological polar surface area (TPSA) is 77.3 Å². The monoisotopic (exact) mass is 422 g/mol. The van der Waals surface area contributed by atoms with E-state index in [1.807, 2.05) is 46.7 Å². The molecule has 1 saturated heterocycles. The van der Waals surface area contributed by atoms with Gasteiger partial charge in [0.05, 0.1) is 18.9 Å². The summed E-state index contributed by atoms with van der Waals surface area (Å²) in [6, 6.07) is 11.2. The highest BCUT2D eigenvalue weighted by molar-refractivity contribution is 7.10. The third-order valence-corrected chi connectivity index (χ3v) is 7.09. The van der Waals surface area contributed by atoms with E-state index < -0.39 is 0 Å². The summed E-state index contributed by atoms with van der Waals surface area (Å²) < 4.78 is 6.93. The largest absolute Gasteiger partial charge is 0.497 e. The van der Waals surface area contributed by atoms with E-state index in [0.29, 0.717) is 31.7 Å². The molecule has 8 heteroatoms. The number of hydrogen-bond donors (Lipinski definition) is 0. The average molecular weight is 423 g/mol. The van der Waals surface area contributed by atoms with Gasteiger partial charge in [0.15, 0.2) is 5.69 Å². The van der Waals surface area contributed by atoms with Gasteiger partial charge < -0.3 is 9.64 Å². The first kappa shape index (κ1) is 19.0. The molecule has 154 valence electrons. The van der Waals surface area contributed by atoms with Gasteiger partial charge in [-0.1, -0.05) is 6.07 Å². The van der Waals surface area contributed by atoms with Crippen molar-refractivity contribution in [1.82, 2.24) is 19.7 Å². The third-order valence-electron chi connectivity index (χ3n) is 6.21. The van der Waals surface area contributed by atoms with Crippen LogP contribution in [0.4, 0.5) is 0 Å². The van der Waals surface area contributed by atoms with Crippen molar-refractivity contribution < 1.29 is 9.53 Å². The third kappa shape index (κ3) is 3.11. The zero-order chi connectivity index (χ0) is 20.7. The maximum atomic E-state index is 13.1. The summed E-state index contributed by atoms with van der Waals surface area (Å²) in [6.45, 7) is 1.91. The van der Waals surface area contributed by atoms with Crippen LogP contribution in [0.15, 0.2) is 46.6 Å². The lowest BCUT2D eigenvalue weighted by atomic mass is 9.85. The lowest BCUT2D eigenvalue weighted by Gasteiger charge is -2.23. The number of hydrogen-bond acceptors (Lipinski definition) is 6. The van der Waals surface area contributed by atoms with E-state index in [4.69, 9.17) is 4.74 Å². The second kappa shape index (κ2) is 7.36. The standard InChI is InChI=1S/C22H22N4O3S/c1-29-16-6-4-15(5-7-16)19-20(28)26-11-9-22(21(26)24-23-19)8-10-25(14-22)18(27)13-17-3-2-12-30-17/h2-7,12H,8-11,13-14H2,1H3. The Bertz CT molecular complexity index is 1140. The molecule has 3 aromatic rings. The number of thiophene rings is 1. The number of carbonyl (C=O) groups excluding carboxylic acids is 1. The number of aromatic nitrogens is 3. The highest BCUT2D eigenvalue weighted by Gasteiger charge is 2.48. The molecule has 4 heterocycles. The fourth-order valence-electron chi connectivity index (χ4n) is 4.53. The Kier molecular flexibility index (Phi) is 4.66. The fraction of sp³-hybridized carbons (Fsp3) is 0.364. The highest BCUT2D eigenvalue weighted by atomic mass is 32.1. The molecule has 0 saturated carbocycles. The van der Waals surface area contributed by atoms with Gasteiger partial charge in [-0.3, -0.25) is 14.2 Å². The molecule has 0 aliphatic carbocycles. The SMILES string of the molecule is COc1ccc(-c2nnc3n(c2=O)CCC32CCN(C(=O)Cc3cccs3)C2)cc1. The van der Waals surface area contributed by atoms with Crippen molar-refractivity contribution >= 4 is 17.2 Å². The molecule has 1 unspecified atom stereocenters. The number of benzene rings is 1. The van der Waals surface area contributed by atoms with Gasteiger partial charge in [0.1, 0.15) is 11.6 Å². The van der Waals surface area contributed by atoms with Gasteiger partial charge in [0.25, 0.3) is 5.56 Å². The normalized spacial score (nSPS) is 20.0. The van der Waals surface area contributed by atoms with Crippen molar-refractivity contribution in [2.75, 3.05) is 20.2 Å². The van der Waals surface area contributed by atoms with Crippen molar-refractivity contribution in [2.45, 2.75) is 31.2 Å². The summed E-state index contributed by atoms with van der Waals surface area (Å²) in [5.41, 5.74) is 0.687. The molecule has 0 N–H and O–H groups in total. The Morgan fingerprint density at radius 2 is 1.97 bits per heavy atom. The van der Waals surface area contributed by atoms with Crippen LogP contribution in [-0.2, 0) is 23.2 Å². The number of likely N-dealkylation sites (tertiary alicyclic amines) is 1. The van der Waals surface area contributed by atoms with E-state index in [-0.39, 0.29) is 16.9 Å². The van der Waals surface area contributed by atoms with Crippen LogP contribution in [0.1, 0.15) is 23.5 Å². The van der Waals surface area contributed by atoms with Crippen molar-refractivity contribution in [3.63, 3.8) is 0 Å². The van der Waals surface area contributed by atoms with Gasteiger partial charge in [0, 0.05) is 30.1 Å². The van der Waals surface area contributed by atoms with Crippen molar-refractivity contribution in [3.05, 3.63) is 62.8 Å². The molecule has 1 fully saturated rings. The van der Waals surface area contributed by atoms with E-state index in [1.54, 1.807) is 23.0 Å². The fourth-order valence-corrected chi connectivity index (χ4v) is 5.23. The van der Waals surface area contributed by atoms with Gasteiger partial charge in [-0.05, 0) is 48.6 Å². The molecule has 1 amide bonds. The van der Waals surface area contributed by atoms with Crippen molar-refractivity contribution in [1.29, 1.82) is 0 Å². The molecular weight excluding hydrogens is 400 g/mol. The van der Waals surface area contributed by atoms with E-state index >= 15 is 0 Å². The van der Waals surface area contributed by atoms with Gasteiger partial charge in [0.2, 0.25) is 5.91 Å². The van der Waals surface area contributed by atoms with Crippen molar-refractivity contribution in [2.24, 2.45) is 0 Å². The molecule has 5 rings (SSSR count). The molecule has 2 aliphatic rings. The molecule has 1 spiro atoms.